The molecule has 1 unspecified atom stereocenters. The first kappa shape index (κ1) is 19.1. The highest BCUT2D eigenvalue weighted by Gasteiger charge is 2.32. The normalized spacial score (nSPS) is 15.8. The molecule has 1 aromatic carbocycles. The molecule has 6 heteroatoms. The molecule has 0 fully saturated rings. The van der Waals surface area contributed by atoms with Crippen LogP contribution in [0.5, 0.6) is 0 Å². The van der Waals surface area contributed by atoms with E-state index in [4.69, 9.17) is 8.83 Å². The molecule has 2 amide bonds. The maximum atomic E-state index is 13.3. The molecule has 3 aromatic rings. The molecule has 1 atom stereocenters. The molecule has 3 heterocycles. The number of carbonyl (C=O) groups is 2. The molecule has 150 valence electrons. The number of hydrogen-bond donors (Lipinski definition) is 0. The third-order valence-corrected chi connectivity index (χ3v) is 5.39. The Morgan fingerprint density at radius 2 is 1.66 bits per heavy atom. The second-order valence-electron chi connectivity index (χ2n) is 7.29. The Balaban J connectivity index is 1.58. The van der Waals surface area contributed by atoms with E-state index >= 15 is 0 Å². The SMILES string of the molecule is CC(=O)N1CCc2ccccc2C1CC(=O)N(Cc1ccco1)Cc1ccco1. The van der Waals surface area contributed by atoms with Crippen molar-refractivity contribution in [2.75, 3.05) is 6.54 Å². The Hall–Kier alpha value is -3.28. The minimum absolute atomic E-state index is 0.0130. The van der Waals surface area contributed by atoms with E-state index in [1.165, 1.54) is 5.56 Å². The van der Waals surface area contributed by atoms with Crippen molar-refractivity contribution in [1.82, 2.24) is 9.80 Å². The summed E-state index contributed by atoms with van der Waals surface area (Å²) in [5, 5.41) is 0. The molecular weight excluding hydrogens is 368 g/mol. The second kappa shape index (κ2) is 8.39. The van der Waals surface area contributed by atoms with E-state index in [-0.39, 0.29) is 24.3 Å². The number of hydrogen-bond acceptors (Lipinski definition) is 4. The van der Waals surface area contributed by atoms with Crippen molar-refractivity contribution in [2.45, 2.75) is 38.9 Å². The largest absolute Gasteiger partial charge is 0.467 e. The zero-order valence-corrected chi connectivity index (χ0v) is 16.4. The van der Waals surface area contributed by atoms with Gasteiger partial charge in [-0.1, -0.05) is 24.3 Å². The van der Waals surface area contributed by atoms with Crippen molar-refractivity contribution in [2.24, 2.45) is 0 Å². The lowest BCUT2D eigenvalue weighted by atomic mass is 9.90. The van der Waals surface area contributed by atoms with Crippen LogP contribution >= 0.6 is 0 Å². The number of fused-ring (bicyclic) bond motifs is 1. The standard InChI is InChI=1S/C23H24N2O4/c1-17(26)25-11-10-18-6-2-3-9-21(18)22(25)14-23(27)24(15-19-7-4-12-28-19)16-20-8-5-13-29-20/h2-9,12-13,22H,10-11,14-16H2,1H3. The van der Waals surface area contributed by atoms with Crippen molar-refractivity contribution in [1.29, 1.82) is 0 Å². The van der Waals surface area contributed by atoms with Crippen LogP contribution in [0.15, 0.2) is 69.9 Å². The average Bonchev–Trinajstić information content (AvgIpc) is 3.41. The number of carbonyl (C=O) groups excluding carboxylic acids is 2. The number of benzene rings is 1. The summed E-state index contributed by atoms with van der Waals surface area (Å²) in [5.74, 6) is 1.35. The van der Waals surface area contributed by atoms with Crippen molar-refractivity contribution in [3.05, 3.63) is 83.7 Å². The van der Waals surface area contributed by atoms with Crippen LogP contribution in [0, 0.1) is 0 Å². The summed E-state index contributed by atoms with van der Waals surface area (Å²) >= 11 is 0. The van der Waals surface area contributed by atoms with Gasteiger partial charge in [0.05, 0.1) is 38.1 Å². The van der Waals surface area contributed by atoms with Gasteiger partial charge in [0.15, 0.2) is 0 Å². The van der Waals surface area contributed by atoms with Crippen LogP contribution in [0.1, 0.15) is 42.0 Å². The summed E-state index contributed by atoms with van der Waals surface area (Å²) in [6.07, 6.45) is 4.22. The molecule has 0 aliphatic carbocycles. The Bertz CT molecular complexity index is 926. The van der Waals surface area contributed by atoms with Crippen molar-refractivity contribution < 1.29 is 18.4 Å². The van der Waals surface area contributed by atoms with Gasteiger partial charge in [-0.3, -0.25) is 9.59 Å². The predicted molar refractivity (Wildman–Crippen MR) is 107 cm³/mol. The molecule has 0 saturated carbocycles. The Morgan fingerprint density at radius 3 is 2.24 bits per heavy atom. The van der Waals surface area contributed by atoms with Gasteiger partial charge in [-0.2, -0.15) is 0 Å². The van der Waals surface area contributed by atoms with E-state index in [1.54, 1.807) is 41.4 Å². The lowest BCUT2D eigenvalue weighted by Gasteiger charge is -2.37. The van der Waals surface area contributed by atoms with E-state index in [0.29, 0.717) is 31.2 Å². The Morgan fingerprint density at radius 1 is 1.00 bits per heavy atom. The van der Waals surface area contributed by atoms with E-state index in [9.17, 15) is 9.59 Å². The molecule has 0 N–H and O–H groups in total. The fraction of sp³-hybridized carbons (Fsp3) is 0.304. The highest BCUT2D eigenvalue weighted by molar-refractivity contribution is 5.79. The summed E-state index contributed by atoms with van der Waals surface area (Å²) in [6.45, 7) is 2.89. The van der Waals surface area contributed by atoms with Gasteiger partial charge in [0.25, 0.3) is 0 Å². The zero-order chi connectivity index (χ0) is 20.2. The molecule has 0 spiro atoms. The fourth-order valence-electron chi connectivity index (χ4n) is 3.96. The van der Waals surface area contributed by atoms with Crippen LogP contribution in [0.3, 0.4) is 0 Å². The van der Waals surface area contributed by atoms with E-state index in [2.05, 4.69) is 6.07 Å². The Kier molecular flexibility index (Phi) is 5.51. The average molecular weight is 392 g/mol. The molecular formula is C23H24N2O4. The van der Waals surface area contributed by atoms with Crippen LogP contribution in [-0.4, -0.2) is 28.2 Å². The van der Waals surface area contributed by atoms with Gasteiger partial charge in [-0.25, -0.2) is 0 Å². The smallest absolute Gasteiger partial charge is 0.225 e. The molecule has 2 aromatic heterocycles. The number of furan rings is 2. The molecule has 6 nitrogen and oxygen atoms in total. The maximum absolute atomic E-state index is 13.3. The molecule has 0 radical (unpaired) electrons. The number of amides is 2. The van der Waals surface area contributed by atoms with Crippen molar-refractivity contribution in [3.63, 3.8) is 0 Å². The highest BCUT2D eigenvalue weighted by atomic mass is 16.3. The first-order chi connectivity index (χ1) is 14.1. The number of rotatable bonds is 6. The molecule has 4 rings (SSSR count). The van der Waals surface area contributed by atoms with Gasteiger partial charge < -0.3 is 18.6 Å². The summed E-state index contributed by atoms with van der Waals surface area (Å²) in [7, 11) is 0. The monoisotopic (exact) mass is 392 g/mol. The maximum Gasteiger partial charge on any atom is 0.225 e. The van der Waals surface area contributed by atoms with Crippen molar-refractivity contribution >= 4 is 11.8 Å². The summed E-state index contributed by atoms with van der Waals surface area (Å²) in [5.41, 5.74) is 2.25. The minimum Gasteiger partial charge on any atom is -0.467 e. The number of nitrogens with zero attached hydrogens (tertiary/aromatic N) is 2. The van der Waals surface area contributed by atoms with Gasteiger partial charge in [-0.05, 0) is 41.8 Å². The van der Waals surface area contributed by atoms with Gasteiger partial charge in [0.2, 0.25) is 11.8 Å². The Labute approximate surface area is 169 Å². The third-order valence-electron chi connectivity index (χ3n) is 5.39. The first-order valence-electron chi connectivity index (χ1n) is 9.79. The van der Waals surface area contributed by atoms with Crippen LogP contribution in [0.2, 0.25) is 0 Å². The molecule has 29 heavy (non-hydrogen) atoms. The van der Waals surface area contributed by atoms with Crippen LogP contribution < -0.4 is 0 Å². The lowest BCUT2D eigenvalue weighted by Crippen LogP contribution is -2.41. The van der Waals surface area contributed by atoms with Gasteiger partial charge in [-0.15, -0.1) is 0 Å². The molecule has 0 bridgehead atoms. The highest BCUT2D eigenvalue weighted by Crippen LogP contribution is 2.33. The van der Waals surface area contributed by atoms with E-state index in [1.807, 2.05) is 30.3 Å². The van der Waals surface area contributed by atoms with Gasteiger partial charge >= 0.3 is 0 Å². The summed E-state index contributed by atoms with van der Waals surface area (Å²) < 4.78 is 10.9. The zero-order valence-electron chi connectivity index (χ0n) is 16.4. The third kappa shape index (κ3) is 4.26. The van der Waals surface area contributed by atoms with Crippen LogP contribution in [0.4, 0.5) is 0 Å². The predicted octanol–water partition coefficient (Wildman–Crippen LogP) is 3.94. The minimum atomic E-state index is -0.263. The second-order valence-corrected chi connectivity index (χ2v) is 7.29. The van der Waals surface area contributed by atoms with Crippen LogP contribution in [-0.2, 0) is 29.1 Å². The molecule has 0 saturated heterocycles. The lowest BCUT2D eigenvalue weighted by molar-refractivity contribution is -0.137. The topological polar surface area (TPSA) is 66.9 Å². The summed E-state index contributed by atoms with van der Waals surface area (Å²) in [4.78, 5) is 29.1. The fourth-order valence-corrected chi connectivity index (χ4v) is 3.96. The molecule has 1 aliphatic rings. The van der Waals surface area contributed by atoms with E-state index < -0.39 is 0 Å². The van der Waals surface area contributed by atoms with Gasteiger partial charge in [0, 0.05) is 13.5 Å². The summed E-state index contributed by atoms with van der Waals surface area (Å²) in [6, 6.07) is 15.1. The quantitative estimate of drug-likeness (QED) is 0.637. The van der Waals surface area contributed by atoms with Crippen LogP contribution in [0.25, 0.3) is 0 Å². The van der Waals surface area contributed by atoms with Crippen molar-refractivity contribution in [3.8, 4) is 0 Å². The first-order valence-corrected chi connectivity index (χ1v) is 9.79. The molecule has 1 aliphatic heterocycles. The van der Waals surface area contributed by atoms with E-state index in [0.717, 1.165) is 12.0 Å². The van der Waals surface area contributed by atoms with Gasteiger partial charge in [0.1, 0.15) is 11.5 Å².